The third-order valence-corrected chi connectivity index (χ3v) is 6.32. The van der Waals surface area contributed by atoms with Gasteiger partial charge < -0.3 is 14.8 Å². The summed E-state index contributed by atoms with van der Waals surface area (Å²) in [7, 11) is 3.12. The van der Waals surface area contributed by atoms with Crippen LogP contribution >= 0.6 is 23.4 Å². The molecule has 0 aliphatic rings. The van der Waals surface area contributed by atoms with Gasteiger partial charge in [-0.15, -0.1) is 10.2 Å². The van der Waals surface area contributed by atoms with Crippen LogP contribution in [-0.2, 0) is 11.3 Å². The highest BCUT2D eigenvalue weighted by molar-refractivity contribution is 7.99. The molecule has 34 heavy (non-hydrogen) atoms. The number of carbonyl (C=O) groups excluding carboxylic acids is 1. The van der Waals surface area contributed by atoms with E-state index in [1.165, 1.54) is 11.8 Å². The lowest BCUT2D eigenvalue weighted by atomic mass is 10.2. The molecule has 1 N–H and O–H groups in total. The average molecular weight is 495 g/mol. The lowest BCUT2D eigenvalue weighted by molar-refractivity contribution is -0.113. The Bertz CT molecular complexity index is 1280. The second kappa shape index (κ2) is 11.1. The van der Waals surface area contributed by atoms with Gasteiger partial charge in [0.05, 0.1) is 37.2 Å². The molecule has 1 heterocycles. The van der Waals surface area contributed by atoms with Crippen LogP contribution in [0.4, 0.5) is 5.69 Å². The SMILES string of the molecule is COc1ccc(OC)c(NC(=O)CSc2nnc(-c3ccccc3Cl)n2Cc2ccccc2)c1. The van der Waals surface area contributed by atoms with Crippen LogP contribution in [0.15, 0.2) is 78.0 Å². The first-order valence-electron chi connectivity index (χ1n) is 10.5. The van der Waals surface area contributed by atoms with E-state index < -0.39 is 0 Å². The van der Waals surface area contributed by atoms with Crippen molar-refractivity contribution in [2.24, 2.45) is 0 Å². The highest BCUT2D eigenvalue weighted by atomic mass is 35.5. The zero-order valence-corrected chi connectivity index (χ0v) is 20.3. The van der Waals surface area contributed by atoms with Gasteiger partial charge >= 0.3 is 0 Å². The molecule has 7 nitrogen and oxygen atoms in total. The number of carbonyl (C=O) groups is 1. The van der Waals surface area contributed by atoms with Crippen LogP contribution < -0.4 is 14.8 Å². The topological polar surface area (TPSA) is 78.3 Å². The molecule has 0 spiro atoms. The minimum absolute atomic E-state index is 0.135. The highest BCUT2D eigenvalue weighted by Crippen LogP contribution is 2.31. The van der Waals surface area contributed by atoms with Crippen molar-refractivity contribution in [3.05, 3.63) is 83.4 Å². The Morgan fingerprint density at radius 1 is 1.00 bits per heavy atom. The number of halogens is 1. The lowest BCUT2D eigenvalue weighted by Gasteiger charge is -2.13. The smallest absolute Gasteiger partial charge is 0.234 e. The van der Waals surface area contributed by atoms with E-state index in [-0.39, 0.29) is 11.7 Å². The van der Waals surface area contributed by atoms with Crippen LogP contribution in [0.3, 0.4) is 0 Å². The maximum Gasteiger partial charge on any atom is 0.234 e. The zero-order chi connectivity index (χ0) is 23.9. The molecule has 0 aliphatic heterocycles. The Morgan fingerprint density at radius 2 is 1.76 bits per heavy atom. The fourth-order valence-corrected chi connectivity index (χ4v) is 4.33. The number of amides is 1. The third kappa shape index (κ3) is 5.52. The molecular weight excluding hydrogens is 472 g/mol. The van der Waals surface area contributed by atoms with Gasteiger partial charge in [0.1, 0.15) is 11.5 Å². The van der Waals surface area contributed by atoms with E-state index in [1.54, 1.807) is 32.4 Å². The van der Waals surface area contributed by atoms with Gasteiger partial charge in [0.15, 0.2) is 11.0 Å². The Balaban J connectivity index is 1.56. The van der Waals surface area contributed by atoms with Gasteiger partial charge in [-0.05, 0) is 29.8 Å². The van der Waals surface area contributed by atoms with E-state index in [4.69, 9.17) is 21.1 Å². The molecular formula is C25H23ClN4O3S. The molecule has 1 aromatic heterocycles. The fourth-order valence-electron chi connectivity index (χ4n) is 3.37. The third-order valence-electron chi connectivity index (χ3n) is 5.03. The van der Waals surface area contributed by atoms with Crippen LogP contribution in [0.1, 0.15) is 5.56 Å². The van der Waals surface area contributed by atoms with Crippen LogP contribution in [-0.4, -0.2) is 40.6 Å². The van der Waals surface area contributed by atoms with Crippen molar-refractivity contribution in [1.29, 1.82) is 0 Å². The quantitative estimate of drug-likeness (QED) is 0.314. The minimum atomic E-state index is -0.204. The molecule has 174 valence electrons. The molecule has 0 radical (unpaired) electrons. The first-order chi connectivity index (χ1) is 16.6. The minimum Gasteiger partial charge on any atom is -0.497 e. The van der Waals surface area contributed by atoms with Crippen LogP contribution in [0.5, 0.6) is 11.5 Å². The fraction of sp³-hybridized carbons (Fsp3) is 0.160. The molecule has 0 fully saturated rings. The summed E-state index contributed by atoms with van der Waals surface area (Å²) in [5, 5.41) is 12.8. The second-order valence-electron chi connectivity index (χ2n) is 7.26. The van der Waals surface area contributed by atoms with Gasteiger partial charge in [-0.1, -0.05) is 65.8 Å². The van der Waals surface area contributed by atoms with Gasteiger partial charge in [-0.2, -0.15) is 0 Å². The summed E-state index contributed by atoms with van der Waals surface area (Å²) in [4.78, 5) is 12.7. The van der Waals surface area contributed by atoms with E-state index in [2.05, 4.69) is 15.5 Å². The van der Waals surface area contributed by atoms with E-state index in [1.807, 2.05) is 59.2 Å². The standard InChI is InChI=1S/C25H23ClN4O3S/c1-32-18-12-13-22(33-2)21(14-18)27-23(31)16-34-25-29-28-24(19-10-6-7-11-20(19)26)30(25)15-17-8-4-3-5-9-17/h3-14H,15-16H2,1-2H3,(H,27,31). The molecule has 4 rings (SSSR count). The lowest BCUT2D eigenvalue weighted by Crippen LogP contribution is -2.15. The largest absolute Gasteiger partial charge is 0.497 e. The molecule has 0 aliphatic carbocycles. The van der Waals surface area contributed by atoms with Crippen molar-refractivity contribution in [3.63, 3.8) is 0 Å². The van der Waals surface area contributed by atoms with Gasteiger partial charge in [0.25, 0.3) is 0 Å². The molecule has 0 saturated carbocycles. The monoisotopic (exact) mass is 494 g/mol. The van der Waals surface area contributed by atoms with E-state index >= 15 is 0 Å². The van der Waals surface area contributed by atoms with E-state index in [9.17, 15) is 4.79 Å². The molecule has 0 atom stereocenters. The Kier molecular flexibility index (Phi) is 7.72. The number of hydrogen-bond acceptors (Lipinski definition) is 6. The summed E-state index contributed by atoms with van der Waals surface area (Å²) in [5.41, 5.74) is 2.41. The summed E-state index contributed by atoms with van der Waals surface area (Å²) >= 11 is 7.74. The molecule has 0 unspecified atom stereocenters. The number of benzene rings is 3. The predicted molar refractivity (Wildman–Crippen MR) is 135 cm³/mol. The predicted octanol–water partition coefficient (Wildman–Crippen LogP) is 5.39. The van der Waals surface area contributed by atoms with Gasteiger partial charge in [0.2, 0.25) is 5.91 Å². The first-order valence-corrected chi connectivity index (χ1v) is 11.8. The van der Waals surface area contributed by atoms with Crippen LogP contribution in [0, 0.1) is 0 Å². The summed E-state index contributed by atoms with van der Waals surface area (Å²) in [5.74, 6) is 1.75. The summed E-state index contributed by atoms with van der Waals surface area (Å²) in [6, 6.07) is 22.7. The maximum absolute atomic E-state index is 12.7. The van der Waals surface area contributed by atoms with Crippen molar-refractivity contribution >= 4 is 35.0 Å². The number of hydrogen-bond donors (Lipinski definition) is 1. The molecule has 4 aromatic rings. The van der Waals surface area contributed by atoms with Crippen molar-refractivity contribution in [3.8, 4) is 22.9 Å². The number of thioether (sulfide) groups is 1. The second-order valence-corrected chi connectivity index (χ2v) is 8.61. The van der Waals surface area contributed by atoms with Crippen LogP contribution in [0.25, 0.3) is 11.4 Å². The van der Waals surface area contributed by atoms with Gasteiger partial charge in [-0.3, -0.25) is 9.36 Å². The number of nitrogens with one attached hydrogen (secondary N) is 1. The number of nitrogens with zero attached hydrogens (tertiary/aromatic N) is 3. The maximum atomic E-state index is 12.7. The van der Waals surface area contributed by atoms with Crippen LogP contribution in [0.2, 0.25) is 5.02 Å². The summed E-state index contributed by atoms with van der Waals surface area (Å²) in [6.45, 7) is 0.544. The highest BCUT2D eigenvalue weighted by Gasteiger charge is 2.18. The average Bonchev–Trinajstić information content (AvgIpc) is 3.25. The first kappa shape index (κ1) is 23.7. The van der Waals surface area contributed by atoms with Crippen molar-refractivity contribution in [2.45, 2.75) is 11.7 Å². The van der Waals surface area contributed by atoms with Gasteiger partial charge in [0, 0.05) is 11.6 Å². The molecule has 0 bridgehead atoms. The van der Waals surface area contributed by atoms with E-state index in [0.717, 1.165) is 11.1 Å². The molecule has 3 aromatic carbocycles. The molecule has 9 heteroatoms. The number of anilines is 1. The molecule has 1 amide bonds. The Hall–Kier alpha value is -3.49. The number of rotatable bonds is 9. The zero-order valence-electron chi connectivity index (χ0n) is 18.7. The van der Waals surface area contributed by atoms with E-state index in [0.29, 0.717) is 39.7 Å². The van der Waals surface area contributed by atoms with Crippen molar-refractivity contribution in [2.75, 3.05) is 25.3 Å². The summed E-state index contributed by atoms with van der Waals surface area (Å²) in [6.07, 6.45) is 0. The Morgan fingerprint density at radius 3 is 2.50 bits per heavy atom. The van der Waals surface area contributed by atoms with Crippen molar-refractivity contribution in [1.82, 2.24) is 14.8 Å². The number of aromatic nitrogens is 3. The van der Waals surface area contributed by atoms with Crippen molar-refractivity contribution < 1.29 is 14.3 Å². The Labute approximate surface area is 207 Å². The number of methoxy groups -OCH3 is 2. The molecule has 0 saturated heterocycles. The normalized spacial score (nSPS) is 10.7. The number of ether oxygens (including phenoxy) is 2. The summed E-state index contributed by atoms with van der Waals surface area (Å²) < 4.78 is 12.6. The van der Waals surface area contributed by atoms with Gasteiger partial charge in [-0.25, -0.2) is 0 Å².